The summed E-state index contributed by atoms with van der Waals surface area (Å²) in [6.45, 7) is 0. The topological polar surface area (TPSA) is 16.4 Å². The van der Waals surface area contributed by atoms with Gasteiger partial charge in [-0.25, -0.2) is 0 Å². The maximum absolute atomic E-state index is 6.42. The molecular weight excluding hydrogens is 631 g/mol. The molecule has 0 radical (unpaired) electrons. The second-order valence-electron chi connectivity index (χ2n) is 13.7. The van der Waals surface area contributed by atoms with Crippen LogP contribution in [0.1, 0.15) is 0 Å². The molecule has 11 aromatic rings. The molecule has 0 bridgehead atoms. The van der Waals surface area contributed by atoms with Gasteiger partial charge in [-0.2, -0.15) is 0 Å². The molecule has 0 N–H and O–H groups in total. The average Bonchev–Trinajstić information content (AvgIpc) is 3.56. The summed E-state index contributed by atoms with van der Waals surface area (Å²) in [4.78, 5) is 2.46. The number of anilines is 3. The maximum Gasteiger partial charge on any atom is 0.136 e. The third-order valence-electron chi connectivity index (χ3n) is 10.8. The van der Waals surface area contributed by atoms with Crippen molar-refractivity contribution in [3.05, 3.63) is 188 Å². The van der Waals surface area contributed by atoms with E-state index in [0.29, 0.717) is 0 Å². The van der Waals surface area contributed by atoms with Crippen molar-refractivity contribution in [3.63, 3.8) is 0 Å². The summed E-state index contributed by atoms with van der Waals surface area (Å²) >= 11 is 0. The molecule has 242 valence electrons. The standard InChI is InChI=1S/C50H31NO/c1-2-13-34-31-50-46(28-33(34)12-1)45-29-37(23-26-49(45)52-50)42-17-9-10-20-47(42)51(38-24-25-41-36(27-38)22-21-32-11-3-5-15-39(32)41)48-30-35-14-4-6-16-40(35)43-18-7-8-19-44(43)48/h1-31H. The van der Waals surface area contributed by atoms with Gasteiger partial charge in [-0.05, 0) is 103 Å². The van der Waals surface area contributed by atoms with Crippen LogP contribution in [0.3, 0.4) is 0 Å². The van der Waals surface area contributed by atoms with Crippen molar-refractivity contribution in [1.82, 2.24) is 0 Å². The van der Waals surface area contributed by atoms with E-state index in [1.54, 1.807) is 0 Å². The molecule has 0 saturated carbocycles. The molecular formula is C50H31NO. The fraction of sp³-hybridized carbons (Fsp3) is 0. The Morgan fingerprint density at radius 2 is 0.904 bits per heavy atom. The van der Waals surface area contributed by atoms with Crippen LogP contribution in [0, 0.1) is 0 Å². The lowest BCUT2D eigenvalue weighted by Gasteiger charge is -2.30. The third-order valence-corrected chi connectivity index (χ3v) is 10.8. The Balaban J connectivity index is 1.18. The van der Waals surface area contributed by atoms with Crippen LogP contribution in [-0.2, 0) is 0 Å². The number of hydrogen-bond acceptors (Lipinski definition) is 2. The quantitative estimate of drug-likeness (QED) is 0.175. The molecule has 0 aliphatic heterocycles. The summed E-state index contributed by atoms with van der Waals surface area (Å²) in [5, 5.41) is 14.5. The van der Waals surface area contributed by atoms with Crippen molar-refractivity contribution in [1.29, 1.82) is 0 Å². The van der Waals surface area contributed by atoms with Gasteiger partial charge in [0.2, 0.25) is 0 Å². The summed E-state index contributed by atoms with van der Waals surface area (Å²) in [5.41, 5.74) is 7.45. The number of rotatable bonds is 4. The van der Waals surface area contributed by atoms with Gasteiger partial charge in [0.15, 0.2) is 0 Å². The number of nitrogens with zero attached hydrogens (tertiary/aromatic N) is 1. The minimum absolute atomic E-state index is 0.894. The first kappa shape index (κ1) is 28.9. The molecule has 0 fully saturated rings. The Morgan fingerprint density at radius 1 is 0.308 bits per heavy atom. The van der Waals surface area contributed by atoms with Gasteiger partial charge in [-0.15, -0.1) is 0 Å². The summed E-state index contributed by atoms with van der Waals surface area (Å²) in [5.74, 6) is 0. The van der Waals surface area contributed by atoms with Crippen LogP contribution in [0.15, 0.2) is 192 Å². The molecule has 0 saturated heterocycles. The van der Waals surface area contributed by atoms with E-state index in [4.69, 9.17) is 4.42 Å². The lowest BCUT2D eigenvalue weighted by atomic mass is 9.96. The van der Waals surface area contributed by atoms with E-state index in [9.17, 15) is 0 Å². The molecule has 1 heterocycles. The van der Waals surface area contributed by atoms with Gasteiger partial charge in [0, 0.05) is 27.4 Å². The summed E-state index contributed by atoms with van der Waals surface area (Å²) < 4.78 is 6.42. The van der Waals surface area contributed by atoms with E-state index in [1.165, 1.54) is 53.9 Å². The predicted molar refractivity (Wildman–Crippen MR) is 221 cm³/mol. The van der Waals surface area contributed by atoms with E-state index in [1.807, 2.05) is 0 Å². The fourth-order valence-corrected chi connectivity index (χ4v) is 8.31. The zero-order valence-electron chi connectivity index (χ0n) is 28.3. The molecule has 0 aliphatic rings. The lowest BCUT2D eigenvalue weighted by molar-refractivity contribution is 0.669. The smallest absolute Gasteiger partial charge is 0.136 e. The second-order valence-corrected chi connectivity index (χ2v) is 13.7. The first-order chi connectivity index (χ1) is 25.8. The van der Waals surface area contributed by atoms with Crippen LogP contribution < -0.4 is 4.90 Å². The van der Waals surface area contributed by atoms with E-state index in [0.717, 1.165) is 50.1 Å². The molecule has 2 heteroatoms. The molecule has 52 heavy (non-hydrogen) atoms. The molecule has 0 amide bonds. The van der Waals surface area contributed by atoms with E-state index in [2.05, 4.69) is 193 Å². The van der Waals surface area contributed by atoms with Crippen LogP contribution in [0.5, 0.6) is 0 Å². The van der Waals surface area contributed by atoms with Gasteiger partial charge in [0.1, 0.15) is 11.2 Å². The van der Waals surface area contributed by atoms with Crippen molar-refractivity contribution in [3.8, 4) is 11.1 Å². The highest BCUT2D eigenvalue weighted by atomic mass is 16.3. The van der Waals surface area contributed by atoms with Crippen molar-refractivity contribution in [2.24, 2.45) is 0 Å². The van der Waals surface area contributed by atoms with E-state index in [-0.39, 0.29) is 0 Å². The Kier molecular flexibility index (Phi) is 6.28. The molecule has 11 rings (SSSR count). The second kappa shape index (κ2) is 11.3. The highest BCUT2D eigenvalue weighted by Gasteiger charge is 2.21. The molecule has 0 unspecified atom stereocenters. The van der Waals surface area contributed by atoms with E-state index >= 15 is 0 Å². The third kappa shape index (κ3) is 4.44. The normalized spacial score (nSPS) is 11.8. The summed E-state index contributed by atoms with van der Waals surface area (Å²) in [6.07, 6.45) is 0. The fourth-order valence-electron chi connectivity index (χ4n) is 8.31. The summed E-state index contributed by atoms with van der Waals surface area (Å²) in [6, 6.07) is 68.3. The van der Waals surface area contributed by atoms with Crippen molar-refractivity contribution in [2.45, 2.75) is 0 Å². The Morgan fingerprint density at radius 3 is 1.75 bits per heavy atom. The number of para-hydroxylation sites is 1. The van der Waals surface area contributed by atoms with Crippen molar-refractivity contribution in [2.75, 3.05) is 4.90 Å². The monoisotopic (exact) mass is 661 g/mol. The highest BCUT2D eigenvalue weighted by molar-refractivity contribution is 6.16. The van der Waals surface area contributed by atoms with Crippen LogP contribution in [0.2, 0.25) is 0 Å². The van der Waals surface area contributed by atoms with Crippen LogP contribution in [0.4, 0.5) is 17.1 Å². The molecule has 0 spiro atoms. The number of fused-ring (bicyclic) bond motifs is 10. The van der Waals surface area contributed by atoms with Gasteiger partial charge < -0.3 is 9.32 Å². The van der Waals surface area contributed by atoms with Gasteiger partial charge in [0.05, 0.1) is 11.4 Å². The van der Waals surface area contributed by atoms with Crippen LogP contribution >= 0.6 is 0 Å². The minimum atomic E-state index is 0.894. The lowest BCUT2D eigenvalue weighted by Crippen LogP contribution is -2.12. The molecule has 10 aromatic carbocycles. The predicted octanol–water partition coefficient (Wildman–Crippen LogP) is 14.5. The van der Waals surface area contributed by atoms with Gasteiger partial charge in [-0.3, -0.25) is 0 Å². The Bertz CT molecular complexity index is 3210. The SMILES string of the molecule is c1ccc(N(c2ccc3c(ccc4ccccc43)c2)c2cc3ccccc3c3ccccc23)c(-c2ccc3oc4cc5ccccc5cc4c3c2)c1. The minimum Gasteiger partial charge on any atom is -0.456 e. The van der Waals surface area contributed by atoms with Gasteiger partial charge in [-0.1, -0.05) is 140 Å². The first-order valence-corrected chi connectivity index (χ1v) is 17.8. The molecule has 0 atom stereocenters. The first-order valence-electron chi connectivity index (χ1n) is 17.8. The zero-order chi connectivity index (χ0) is 34.2. The molecule has 0 aliphatic carbocycles. The molecule has 1 aromatic heterocycles. The Labute approximate surface area is 300 Å². The van der Waals surface area contributed by atoms with E-state index < -0.39 is 0 Å². The molecule has 2 nitrogen and oxygen atoms in total. The van der Waals surface area contributed by atoms with Crippen LogP contribution in [-0.4, -0.2) is 0 Å². The van der Waals surface area contributed by atoms with Crippen LogP contribution in [0.25, 0.3) is 86.9 Å². The largest absolute Gasteiger partial charge is 0.456 e. The maximum atomic E-state index is 6.42. The number of hydrogen-bond donors (Lipinski definition) is 0. The highest BCUT2D eigenvalue weighted by Crippen LogP contribution is 2.47. The number of furan rings is 1. The average molecular weight is 662 g/mol. The van der Waals surface area contributed by atoms with Gasteiger partial charge in [0.25, 0.3) is 0 Å². The van der Waals surface area contributed by atoms with Gasteiger partial charge >= 0.3 is 0 Å². The van der Waals surface area contributed by atoms with Crippen molar-refractivity contribution >= 4 is 92.9 Å². The summed E-state index contributed by atoms with van der Waals surface area (Å²) in [7, 11) is 0. The Hall–Kier alpha value is -6.90. The van der Waals surface area contributed by atoms with Crippen molar-refractivity contribution < 1.29 is 4.42 Å². The number of benzene rings is 10. The zero-order valence-corrected chi connectivity index (χ0v) is 28.3.